The molecule has 2 fully saturated rings. The molecule has 1 saturated heterocycles. The molecule has 0 unspecified atom stereocenters. The number of halogens is 3. The smallest absolute Gasteiger partial charge is 0.416 e. The molecule has 4 rings (SSSR count). The van der Waals surface area contributed by atoms with Gasteiger partial charge in [-0.25, -0.2) is 9.97 Å². The van der Waals surface area contributed by atoms with E-state index >= 15 is 0 Å². The first-order valence-electron chi connectivity index (χ1n) is 9.31. The maximum absolute atomic E-state index is 13.0. The Hall–Kier alpha value is -1.93. The van der Waals surface area contributed by atoms with Crippen LogP contribution in [0.3, 0.4) is 0 Å². The fraction of sp³-hybridized carbons (Fsp3) is 0.579. The average Bonchev–Trinajstić information content (AvgIpc) is 2.68. The van der Waals surface area contributed by atoms with E-state index in [-0.39, 0.29) is 12.0 Å². The molecule has 0 amide bonds. The van der Waals surface area contributed by atoms with Crippen molar-refractivity contribution < 1.29 is 22.6 Å². The maximum atomic E-state index is 13.0. The average molecular weight is 381 g/mol. The van der Waals surface area contributed by atoms with Gasteiger partial charge in [-0.05, 0) is 43.9 Å². The van der Waals surface area contributed by atoms with Gasteiger partial charge in [-0.1, -0.05) is 0 Å². The summed E-state index contributed by atoms with van der Waals surface area (Å²) >= 11 is 0. The van der Waals surface area contributed by atoms with Crippen LogP contribution in [-0.2, 0) is 10.9 Å². The Labute approximate surface area is 155 Å². The molecular weight excluding hydrogens is 359 g/mol. The van der Waals surface area contributed by atoms with E-state index in [1.807, 2.05) is 0 Å². The molecule has 2 heterocycles. The van der Waals surface area contributed by atoms with Gasteiger partial charge in [-0.3, -0.25) is 4.90 Å². The van der Waals surface area contributed by atoms with E-state index in [9.17, 15) is 13.2 Å². The van der Waals surface area contributed by atoms with Crippen molar-refractivity contribution in [1.82, 2.24) is 14.9 Å². The molecule has 2 aromatic rings. The molecule has 0 atom stereocenters. The van der Waals surface area contributed by atoms with Gasteiger partial charge < -0.3 is 9.47 Å². The van der Waals surface area contributed by atoms with Crippen molar-refractivity contribution in [3.63, 3.8) is 0 Å². The summed E-state index contributed by atoms with van der Waals surface area (Å²) in [7, 11) is 0. The van der Waals surface area contributed by atoms with Gasteiger partial charge in [0, 0.05) is 19.1 Å². The van der Waals surface area contributed by atoms with Crippen molar-refractivity contribution in [3.05, 3.63) is 30.1 Å². The third kappa shape index (κ3) is 4.16. The van der Waals surface area contributed by atoms with E-state index in [0.29, 0.717) is 16.9 Å². The molecule has 0 radical (unpaired) electrons. The minimum Gasteiger partial charge on any atom is -0.474 e. The van der Waals surface area contributed by atoms with Gasteiger partial charge in [0.15, 0.2) is 0 Å². The lowest BCUT2D eigenvalue weighted by Gasteiger charge is -2.38. The number of benzene rings is 1. The van der Waals surface area contributed by atoms with Crippen LogP contribution in [0.15, 0.2) is 24.5 Å². The number of alkyl halides is 3. The zero-order valence-corrected chi connectivity index (χ0v) is 14.9. The van der Waals surface area contributed by atoms with Gasteiger partial charge in [0.2, 0.25) is 5.88 Å². The van der Waals surface area contributed by atoms with E-state index in [4.69, 9.17) is 9.47 Å². The second-order valence-corrected chi connectivity index (χ2v) is 7.11. The summed E-state index contributed by atoms with van der Waals surface area (Å²) in [5.41, 5.74) is -0.263. The Morgan fingerprint density at radius 2 is 1.78 bits per heavy atom. The lowest BCUT2D eigenvalue weighted by Crippen LogP contribution is -2.46. The molecule has 146 valence electrons. The van der Waals surface area contributed by atoms with E-state index in [0.717, 1.165) is 64.1 Å². The van der Waals surface area contributed by atoms with Gasteiger partial charge >= 0.3 is 6.18 Å². The predicted molar refractivity (Wildman–Crippen MR) is 93.6 cm³/mol. The highest BCUT2D eigenvalue weighted by atomic mass is 19.4. The van der Waals surface area contributed by atoms with Gasteiger partial charge in [-0.15, -0.1) is 0 Å². The maximum Gasteiger partial charge on any atom is 0.416 e. The number of fused-ring (bicyclic) bond motifs is 1. The fourth-order valence-corrected chi connectivity index (χ4v) is 3.93. The van der Waals surface area contributed by atoms with E-state index < -0.39 is 11.7 Å². The minimum absolute atomic E-state index is 0.0325. The van der Waals surface area contributed by atoms with Gasteiger partial charge in [0.05, 0.1) is 29.7 Å². The number of aromatic nitrogens is 2. The van der Waals surface area contributed by atoms with Crippen molar-refractivity contribution in [2.45, 2.75) is 44.0 Å². The molecule has 27 heavy (non-hydrogen) atoms. The predicted octanol–water partition coefficient (Wildman–Crippen LogP) is 3.67. The van der Waals surface area contributed by atoms with Crippen LogP contribution in [0, 0.1) is 0 Å². The van der Waals surface area contributed by atoms with Crippen LogP contribution in [0.25, 0.3) is 10.9 Å². The summed E-state index contributed by atoms with van der Waals surface area (Å²) in [6.07, 6.45) is 0.666. The Morgan fingerprint density at radius 3 is 2.48 bits per heavy atom. The second-order valence-electron chi connectivity index (χ2n) is 7.11. The van der Waals surface area contributed by atoms with Crippen LogP contribution in [-0.4, -0.2) is 53.3 Å². The fourth-order valence-electron chi connectivity index (χ4n) is 3.93. The summed E-state index contributed by atoms with van der Waals surface area (Å²) in [4.78, 5) is 10.6. The summed E-state index contributed by atoms with van der Waals surface area (Å²) in [5.74, 6) is 0.237. The number of ether oxygens (including phenoxy) is 2. The Bertz CT molecular complexity index is 785. The Kier molecular flexibility index (Phi) is 5.19. The first kappa shape index (κ1) is 18.4. The largest absolute Gasteiger partial charge is 0.474 e. The Balaban J connectivity index is 1.46. The molecular formula is C19H22F3N3O2. The zero-order valence-electron chi connectivity index (χ0n) is 14.9. The lowest BCUT2D eigenvalue weighted by atomic mass is 9.91. The third-order valence-corrected chi connectivity index (χ3v) is 5.41. The molecule has 1 aliphatic carbocycles. The molecule has 0 N–H and O–H groups in total. The van der Waals surface area contributed by atoms with Crippen LogP contribution < -0.4 is 4.74 Å². The summed E-state index contributed by atoms with van der Waals surface area (Å²) in [5, 5.41) is 0.308. The first-order valence-corrected chi connectivity index (χ1v) is 9.31. The van der Waals surface area contributed by atoms with Crippen molar-refractivity contribution in [3.8, 4) is 5.88 Å². The summed E-state index contributed by atoms with van der Waals surface area (Å²) in [6.45, 7) is 3.50. The van der Waals surface area contributed by atoms with Crippen LogP contribution in [0.4, 0.5) is 13.2 Å². The first-order chi connectivity index (χ1) is 13.0. The van der Waals surface area contributed by atoms with Crippen LogP contribution in [0.2, 0.25) is 0 Å². The third-order valence-electron chi connectivity index (χ3n) is 5.41. The lowest BCUT2D eigenvalue weighted by molar-refractivity contribution is -0.137. The number of rotatable bonds is 3. The number of hydrogen-bond donors (Lipinski definition) is 0. The highest BCUT2D eigenvalue weighted by Crippen LogP contribution is 2.34. The second kappa shape index (κ2) is 7.59. The van der Waals surface area contributed by atoms with Crippen molar-refractivity contribution in [2.24, 2.45) is 0 Å². The van der Waals surface area contributed by atoms with Crippen LogP contribution in [0.5, 0.6) is 5.88 Å². The molecule has 1 aromatic heterocycles. The molecule has 2 aliphatic rings. The number of hydrogen-bond acceptors (Lipinski definition) is 5. The quantitative estimate of drug-likeness (QED) is 0.812. The molecule has 1 aliphatic heterocycles. The highest BCUT2D eigenvalue weighted by Gasteiger charge is 2.32. The van der Waals surface area contributed by atoms with Gasteiger partial charge in [0.25, 0.3) is 0 Å². The van der Waals surface area contributed by atoms with E-state index in [2.05, 4.69) is 14.9 Å². The number of nitrogens with zero attached hydrogens (tertiary/aromatic N) is 3. The topological polar surface area (TPSA) is 47.5 Å². The zero-order chi connectivity index (χ0) is 18.9. The molecule has 5 nitrogen and oxygen atoms in total. The van der Waals surface area contributed by atoms with Crippen molar-refractivity contribution >= 4 is 10.9 Å². The monoisotopic (exact) mass is 381 g/mol. The molecule has 1 aromatic carbocycles. The highest BCUT2D eigenvalue weighted by molar-refractivity contribution is 5.84. The van der Waals surface area contributed by atoms with Crippen molar-refractivity contribution in [1.29, 1.82) is 0 Å². The van der Waals surface area contributed by atoms with Crippen molar-refractivity contribution in [2.75, 3.05) is 26.3 Å². The molecule has 1 saturated carbocycles. The summed E-state index contributed by atoms with van der Waals surface area (Å²) < 4.78 is 50.5. The van der Waals surface area contributed by atoms with Gasteiger partial charge in [-0.2, -0.15) is 13.2 Å². The van der Waals surface area contributed by atoms with E-state index in [1.54, 1.807) is 0 Å². The standard InChI is InChI=1S/C19H22F3N3O2/c20-19(21,22)13-1-6-17-16(11-13)18(24-12-23-17)27-15-4-2-14(3-5-15)25-7-9-26-10-8-25/h1,6,11-12,14-15H,2-5,7-10H2/t14-,15-. The van der Waals surface area contributed by atoms with Crippen LogP contribution >= 0.6 is 0 Å². The number of morpholine rings is 1. The molecule has 0 spiro atoms. The molecule has 0 bridgehead atoms. The minimum atomic E-state index is -4.41. The Morgan fingerprint density at radius 1 is 1.04 bits per heavy atom. The SMILES string of the molecule is FC(F)(F)c1ccc2ncnc(O[C@H]3CC[C@H](N4CCOCC4)CC3)c2c1. The van der Waals surface area contributed by atoms with E-state index in [1.165, 1.54) is 12.4 Å². The van der Waals surface area contributed by atoms with Crippen LogP contribution in [0.1, 0.15) is 31.2 Å². The molecule has 8 heteroatoms. The normalized spacial score (nSPS) is 24.9. The summed E-state index contributed by atoms with van der Waals surface area (Å²) in [6, 6.07) is 4.01. The van der Waals surface area contributed by atoms with Gasteiger partial charge in [0.1, 0.15) is 12.4 Å².